The van der Waals surface area contributed by atoms with Crippen molar-refractivity contribution in [2.45, 2.75) is 45.3 Å². The van der Waals surface area contributed by atoms with Gasteiger partial charge in [-0.15, -0.1) is 0 Å². The molecule has 3 aromatic heterocycles. The predicted octanol–water partition coefficient (Wildman–Crippen LogP) is 3.02. The van der Waals surface area contributed by atoms with Gasteiger partial charge in [-0.3, -0.25) is 4.79 Å². The Morgan fingerprint density at radius 2 is 1.90 bits per heavy atom. The quantitative estimate of drug-likeness (QED) is 0.379. The number of fused-ring (bicyclic) bond motifs is 2. The number of carbonyl (C=O) groups is 1. The molecule has 1 atom stereocenters. The van der Waals surface area contributed by atoms with Gasteiger partial charge in [0, 0.05) is 32.0 Å². The van der Waals surface area contributed by atoms with Crippen LogP contribution in [0, 0.1) is 0 Å². The van der Waals surface area contributed by atoms with E-state index >= 15 is 0 Å². The van der Waals surface area contributed by atoms with Crippen molar-refractivity contribution >= 4 is 40.1 Å². The Hall–Kier alpha value is -3.93. The highest BCUT2D eigenvalue weighted by Crippen LogP contribution is 2.36. The second-order valence-corrected chi connectivity index (χ2v) is 11.2. The standard InChI is InChI=1S/C26H30ClN9O3/c1-26(2,3)39-25(38)32-12-14-33(15-13-32)36-21(31-18-7-4-6-17(27)20(18)24(36)37)19-8-5-10-34(19)22-23-28-9-11-35(23)30-16-29-22/h4,6-7,9,11,16,19H,5,8,10,12-15H2,1-3H3. The summed E-state index contributed by atoms with van der Waals surface area (Å²) in [5.41, 5.74) is 0.386. The number of piperazine rings is 1. The Balaban J connectivity index is 1.41. The van der Waals surface area contributed by atoms with Crippen molar-refractivity contribution < 1.29 is 9.53 Å². The molecule has 2 aliphatic heterocycles. The van der Waals surface area contributed by atoms with E-state index in [4.69, 9.17) is 21.3 Å². The second-order valence-electron chi connectivity index (χ2n) is 10.8. The minimum absolute atomic E-state index is 0.222. The van der Waals surface area contributed by atoms with E-state index in [1.54, 1.807) is 38.6 Å². The highest BCUT2D eigenvalue weighted by molar-refractivity contribution is 6.35. The van der Waals surface area contributed by atoms with Gasteiger partial charge in [-0.25, -0.2) is 28.9 Å². The minimum Gasteiger partial charge on any atom is -0.444 e. The Kier molecular flexibility index (Phi) is 6.29. The fraction of sp³-hybridized carbons (Fsp3) is 0.462. The van der Waals surface area contributed by atoms with Crippen molar-refractivity contribution in [3.05, 3.63) is 58.1 Å². The fourth-order valence-corrected chi connectivity index (χ4v) is 5.58. The molecule has 0 radical (unpaired) electrons. The molecule has 1 unspecified atom stereocenters. The first-order valence-corrected chi connectivity index (χ1v) is 13.4. The monoisotopic (exact) mass is 551 g/mol. The first-order chi connectivity index (χ1) is 18.7. The Morgan fingerprint density at radius 1 is 1.10 bits per heavy atom. The van der Waals surface area contributed by atoms with E-state index in [9.17, 15) is 9.59 Å². The molecule has 6 rings (SSSR count). The first kappa shape index (κ1) is 25.4. The van der Waals surface area contributed by atoms with Crippen molar-refractivity contribution in [2.24, 2.45) is 0 Å². The van der Waals surface area contributed by atoms with Crippen molar-refractivity contribution in [1.29, 1.82) is 0 Å². The lowest BCUT2D eigenvalue weighted by Crippen LogP contribution is -2.57. The van der Waals surface area contributed by atoms with Crippen molar-refractivity contribution in [3.8, 4) is 0 Å². The number of nitrogens with zero attached hydrogens (tertiary/aromatic N) is 9. The lowest BCUT2D eigenvalue weighted by Gasteiger charge is -2.39. The predicted molar refractivity (Wildman–Crippen MR) is 147 cm³/mol. The lowest BCUT2D eigenvalue weighted by atomic mass is 10.1. The van der Waals surface area contributed by atoms with E-state index < -0.39 is 5.60 Å². The molecule has 0 aliphatic carbocycles. The number of benzene rings is 1. The zero-order valence-corrected chi connectivity index (χ0v) is 22.9. The third-order valence-electron chi connectivity index (χ3n) is 7.04. The Bertz CT molecular complexity index is 1600. The maximum absolute atomic E-state index is 14.1. The summed E-state index contributed by atoms with van der Waals surface area (Å²) in [6, 6.07) is 5.10. The van der Waals surface area contributed by atoms with Crippen LogP contribution in [-0.4, -0.2) is 78.6 Å². The summed E-state index contributed by atoms with van der Waals surface area (Å²) < 4.78 is 8.90. The van der Waals surface area contributed by atoms with Gasteiger partial charge in [0.2, 0.25) is 0 Å². The average molecular weight is 552 g/mol. The highest BCUT2D eigenvalue weighted by atomic mass is 35.5. The molecule has 2 fully saturated rings. The van der Waals surface area contributed by atoms with Gasteiger partial charge in [0.05, 0.1) is 35.1 Å². The maximum atomic E-state index is 14.1. The van der Waals surface area contributed by atoms with Crippen molar-refractivity contribution in [2.75, 3.05) is 42.6 Å². The average Bonchev–Trinajstić information content (AvgIpc) is 3.57. The summed E-state index contributed by atoms with van der Waals surface area (Å²) in [7, 11) is 0. The normalized spacial score (nSPS) is 18.4. The summed E-state index contributed by atoms with van der Waals surface area (Å²) in [4.78, 5) is 44.6. The molecular weight excluding hydrogens is 522 g/mol. The van der Waals surface area contributed by atoms with Crippen LogP contribution in [-0.2, 0) is 4.74 Å². The molecule has 0 spiro atoms. The zero-order valence-electron chi connectivity index (χ0n) is 22.1. The van der Waals surface area contributed by atoms with Crippen LogP contribution in [0.1, 0.15) is 45.5 Å². The minimum atomic E-state index is -0.579. The smallest absolute Gasteiger partial charge is 0.410 e. The van der Waals surface area contributed by atoms with Gasteiger partial charge < -0.3 is 19.5 Å². The number of ether oxygens (including phenoxy) is 1. The van der Waals surface area contributed by atoms with Gasteiger partial charge in [0.1, 0.15) is 11.9 Å². The summed E-state index contributed by atoms with van der Waals surface area (Å²) in [5.74, 6) is 1.31. The van der Waals surface area contributed by atoms with Crippen LogP contribution >= 0.6 is 11.6 Å². The van der Waals surface area contributed by atoms with Crippen molar-refractivity contribution in [3.63, 3.8) is 0 Å². The molecule has 0 N–H and O–H groups in total. The fourth-order valence-electron chi connectivity index (χ4n) is 5.33. The van der Waals surface area contributed by atoms with Gasteiger partial charge in [-0.2, -0.15) is 5.10 Å². The molecule has 204 valence electrons. The van der Waals surface area contributed by atoms with Crippen LogP contribution in [0.2, 0.25) is 5.02 Å². The molecule has 2 aliphatic rings. The number of hydrogen-bond acceptors (Lipinski definition) is 9. The largest absolute Gasteiger partial charge is 0.444 e. The molecular formula is C26H30ClN9O3. The molecule has 13 heteroatoms. The van der Waals surface area contributed by atoms with E-state index in [1.165, 1.54) is 6.33 Å². The second kappa shape index (κ2) is 9.67. The van der Waals surface area contributed by atoms with E-state index in [0.717, 1.165) is 19.4 Å². The van der Waals surface area contributed by atoms with Crippen LogP contribution in [0.15, 0.2) is 41.7 Å². The number of halogens is 1. The van der Waals surface area contributed by atoms with Crippen molar-refractivity contribution in [1.82, 2.24) is 34.1 Å². The van der Waals surface area contributed by atoms with Gasteiger partial charge in [0.25, 0.3) is 5.56 Å². The van der Waals surface area contributed by atoms with E-state index in [2.05, 4.69) is 20.0 Å². The molecule has 1 aromatic carbocycles. The molecule has 1 amide bonds. The first-order valence-electron chi connectivity index (χ1n) is 13.1. The molecule has 12 nitrogen and oxygen atoms in total. The molecule has 5 heterocycles. The number of rotatable bonds is 3. The number of amides is 1. The zero-order chi connectivity index (χ0) is 27.3. The third kappa shape index (κ3) is 4.62. The number of imidazole rings is 1. The summed E-state index contributed by atoms with van der Waals surface area (Å²) in [6.07, 6.45) is 6.31. The van der Waals surface area contributed by atoms with Crippen LogP contribution in [0.25, 0.3) is 16.6 Å². The SMILES string of the molecule is CC(C)(C)OC(=O)N1CCN(n2c(C3CCCN3c3ncnn4ccnc34)nc3cccc(Cl)c3c2=O)CC1. The maximum Gasteiger partial charge on any atom is 0.410 e. The molecule has 2 saturated heterocycles. The summed E-state index contributed by atoms with van der Waals surface area (Å²) in [6.45, 7) is 7.98. The molecule has 39 heavy (non-hydrogen) atoms. The van der Waals surface area contributed by atoms with Crippen LogP contribution < -0.4 is 15.5 Å². The summed E-state index contributed by atoms with van der Waals surface area (Å²) >= 11 is 6.51. The van der Waals surface area contributed by atoms with E-state index in [1.807, 2.05) is 31.8 Å². The molecule has 0 bridgehead atoms. The Morgan fingerprint density at radius 3 is 2.67 bits per heavy atom. The van der Waals surface area contributed by atoms with Crippen LogP contribution in [0.3, 0.4) is 0 Å². The Labute approximate surface area is 229 Å². The number of aromatic nitrogens is 6. The highest BCUT2D eigenvalue weighted by Gasteiger charge is 2.35. The van der Waals surface area contributed by atoms with Crippen LogP contribution in [0.5, 0.6) is 0 Å². The topological polar surface area (TPSA) is 114 Å². The molecule has 0 saturated carbocycles. The van der Waals surface area contributed by atoms with Gasteiger partial charge in [-0.1, -0.05) is 17.7 Å². The van der Waals surface area contributed by atoms with Crippen LogP contribution in [0.4, 0.5) is 10.6 Å². The lowest BCUT2D eigenvalue weighted by molar-refractivity contribution is 0.0231. The molecule has 4 aromatic rings. The number of anilines is 1. The van der Waals surface area contributed by atoms with E-state index in [0.29, 0.717) is 59.4 Å². The van der Waals surface area contributed by atoms with Gasteiger partial charge >= 0.3 is 6.09 Å². The van der Waals surface area contributed by atoms with E-state index in [-0.39, 0.29) is 17.7 Å². The van der Waals surface area contributed by atoms with Gasteiger partial charge in [0.15, 0.2) is 17.3 Å². The summed E-state index contributed by atoms with van der Waals surface area (Å²) in [5, 5.41) is 6.94. The number of carbonyl (C=O) groups excluding carboxylic acids is 1. The van der Waals surface area contributed by atoms with Gasteiger partial charge in [-0.05, 0) is 45.7 Å². The number of hydrogen-bond donors (Lipinski definition) is 0. The third-order valence-corrected chi connectivity index (χ3v) is 7.36.